The average molecular weight is 316 g/mol. The van der Waals surface area contributed by atoms with E-state index in [-0.39, 0.29) is 0 Å². The molecule has 0 heterocycles. The molecule has 2 heteroatoms. The van der Waals surface area contributed by atoms with Crippen LogP contribution in [0.3, 0.4) is 0 Å². The van der Waals surface area contributed by atoms with Crippen LogP contribution in [0.15, 0.2) is 88.6 Å². The van der Waals surface area contributed by atoms with Crippen molar-refractivity contribution in [3.8, 4) is 0 Å². The van der Waals surface area contributed by atoms with E-state index in [1.54, 1.807) is 0 Å². The molecule has 0 saturated heterocycles. The zero-order valence-electron chi connectivity index (χ0n) is 14.6. The van der Waals surface area contributed by atoms with Crippen molar-refractivity contribution in [1.82, 2.24) is 0 Å². The number of para-hydroxylation sites is 1. The van der Waals surface area contributed by atoms with E-state index in [4.69, 9.17) is 5.10 Å². The number of hydrogen-bond acceptors (Lipinski definition) is 2. The first-order chi connectivity index (χ1) is 11.6. The average Bonchev–Trinajstić information content (AvgIpc) is 2.86. The van der Waals surface area contributed by atoms with Gasteiger partial charge in [-0.25, -0.2) is 0 Å². The maximum absolute atomic E-state index is 4.73. The van der Waals surface area contributed by atoms with Gasteiger partial charge in [0.15, 0.2) is 0 Å². The van der Waals surface area contributed by atoms with Gasteiger partial charge in [0.2, 0.25) is 0 Å². The predicted octanol–water partition coefficient (Wildman–Crippen LogP) is 5.81. The zero-order chi connectivity index (χ0) is 16.9. The van der Waals surface area contributed by atoms with E-state index in [1.165, 1.54) is 16.7 Å². The summed E-state index contributed by atoms with van der Waals surface area (Å²) in [7, 11) is 0. The van der Waals surface area contributed by atoms with Gasteiger partial charge in [0.1, 0.15) is 0 Å². The van der Waals surface area contributed by atoms with Crippen molar-refractivity contribution in [2.75, 3.05) is 5.43 Å². The van der Waals surface area contributed by atoms with E-state index in [0.717, 1.165) is 23.4 Å². The Kier molecular flexibility index (Phi) is 4.95. The minimum Gasteiger partial charge on any atom is -0.278 e. The molecular weight excluding hydrogens is 292 g/mol. The van der Waals surface area contributed by atoms with Crippen LogP contribution >= 0.6 is 0 Å². The van der Waals surface area contributed by atoms with Gasteiger partial charge in [-0.05, 0) is 37.5 Å². The van der Waals surface area contributed by atoms with Crippen LogP contribution < -0.4 is 5.43 Å². The third-order valence-corrected chi connectivity index (χ3v) is 4.72. The smallest absolute Gasteiger partial charge is 0.0720 e. The molecule has 0 aliphatic heterocycles. The van der Waals surface area contributed by atoms with E-state index < -0.39 is 0 Å². The lowest BCUT2D eigenvalue weighted by Crippen LogP contribution is -2.09. The van der Waals surface area contributed by atoms with Crippen LogP contribution in [0.25, 0.3) is 0 Å². The lowest BCUT2D eigenvalue weighted by molar-refractivity contribution is 0.800. The second-order valence-corrected chi connectivity index (χ2v) is 6.40. The monoisotopic (exact) mass is 316 g/mol. The molecule has 0 amide bonds. The van der Waals surface area contributed by atoms with Gasteiger partial charge >= 0.3 is 0 Å². The van der Waals surface area contributed by atoms with Gasteiger partial charge in [-0.3, -0.25) is 5.43 Å². The molecule has 3 rings (SSSR count). The molecule has 0 fully saturated rings. The Bertz CT molecular complexity index is 783. The van der Waals surface area contributed by atoms with Gasteiger partial charge in [0.25, 0.3) is 0 Å². The van der Waals surface area contributed by atoms with Gasteiger partial charge in [-0.15, -0.1) is 0 Å². The van der Waals surface area contributed by atoms with Crippen molar-refractivity contribution in [2.24, 2.45) is 11.0 Å². The molecule has 0 aromatic heterocycles. The van der Waals surface area contributed by atoms with Crippen molar-refractivity contribution in [3.05, 3.63) is 89.0 Å². The van der Waals surface area contributed by atoms with Gasteiger partial charge < -0.3 is 0 Å². The number of benzene rings is 2. The number of nitrogens with zero attached hydrogens (tertiary/aromatic N) is 1. The predicted molar refractivity (Wildman–Crippen MR) is 103 cm³/mol. The summed E-state index contributed by atoms with van der Waals surface area (Å²) < 4.78 is 0. The van der Waals surface area contributed by atoms with Crippen molar-refractivity contribution in [3.63, 3.8) is 0 Å². The van der Waals surface area contributed by atoms with Crippen LogP contribution in [0.4, 0.5) is 5.69 Å². The molecule has 24 heavy (non-hydrogen) atoms. The minimum absolute atomic E-state index is 0.496. The fourth-order valence-electron chi connectivity index (χ4n) is 3.13. The van der Waals surface area contributed by atoms with E-state index >= 15 is 0 Å². The number of rotatable bonds is 5. The van der Waals surface area contributed by atoms with Crippen LogP contribution in [0, 0.1) is 5.92 Å². The van der Waals surface area contributed by atoms with Gasteiger partial charge in [-0.2, -0.15) is 5.10 Å². The summed E-state index contributed by atoms with van der Waals surface area (Å²) >= 11 is 0. The quantitative estimate of drug-likeness (QED) is 0.546. The van der Waals surface area contributed by atoms with Crippen LogP contribution in [-0.2, 0) is 0 Å². The zero-order valence-corrected chi connectivity index (χ0v) is 14.6. The number of hydrazone groups is 1. The first-order valence-electron chi connectivity index (χ1n) is 8.46. The second-order valence-electron chi connectivity index (χ2n) is 6.40. The molecule has 1 N–H and O–H groups in total. The Balaban J connectivity index is 1.88. The second kappa shape index (κ2) is 7.31. The van der Waals surface area contributed by atoms with Gasteiger partial charge in [0, 0.05) is 6.42 Å². The molecule has 1 atom stereocenters. The standard InChI is InChI=1S/C22H24N2/c1-16-14-17(2)21(18(16)3)15-22(19-10-6-4-7-11-19)24-23-20-12-8-5-9-13-20/h4-14,18,23H,15H2,1-3H3. The summed E-state index contributed by atoms with van der Waals surface area (Å²) in [5.41, 5.74) is 10.7. The lowest BCUT2D eigenvalue weighted by atomic mass is 9.91. The van der Waals surface area contributed by atoms with E-state index in [9.17, 15) is 0 Å². The molecule has 1 aliphatic rings. The lowest BCUT2D eigenvalue weighted by Gasteiger charge is -2.15. The number of nitrogens with one attached hydrogen (secondary N) is 1. The highest BCUT2D eigenvalue weighted by Gasteiger charge is 2.21. The van der Waals surface area contributed by atoms with Crippen molar-refractivity contribution in [2.45, 2.75) is 27.2 Å². The Hall–Kier alpha value is -2.61. The first-order valence-corrected chi connectivity index (χ1v) is 8.46. The third-order valence-electron chi connectivity index (χ3n) is 4.72. The summed E-state index contributed by atoms with van der Waals surface area (Å²) in [6.07, 6.45) is 3.16. The van der Waals surface area contributed by atoms with Gasteiger partial charge in [0.05, 0.1) is 11.4 Å². The molecule has 2 nitrogen and oxygen atoms in total. The highest BCUT2D eigenvalue weighted by Crippen LogP contribution is 2.34. The van der Waals surface area contributed by atoms with Crippen LogP contribution in [0.1, 0.15) is 32.8 Å². The molecule has 0 saturated carbocycles. The van der Waals surface area contributed by atoms with E-state index in [1.807, 2.05) is 36.4 Å². The largest absolute Gasteiger partial charge is 0.278 e. The summed E-state index contributed by atoms with van der Waals surface area (Å²) in [6.45, 7) is 6.70. The summed E-state index contributed by atoms with van der Waals surface area (Å²) in [4.78, 5) is 0. The van der Waals surface area contributed by atoms with Crippen molar-refractivity contribution in [1.29, 1.82) is 0 Å². The SMILES string of the molecule is CC1=CC(C)=C(CC(=NNc2ccccc2)c2ccccc2)C1C. The van der Waals surface area contributed by atoms with Gasteiger partial charge in [-0.1, -0.05) is 78.3 Å². The molecule has 0 spiro atoms. The van der Waals surface area contributed by atoms with E-state index in [2.05, 4.69) is 56.5 Å². The minimum atomic E-state index is 0.496. The maximum atomic E-state index is 4.73. The summed E-state index contributed by atoms with van der Waals surface area (Å²) in [5.74, 6) is 0.496. The Labute approximate surface area is 144 Å². The van der Waals surface area contributed by atoms with E-state index in [0.29, 0.717) is 5.92 Å². The fourth-order valence-corrected chi connectivity index (χ4v) is 3.13. The molecule has 2 aromatic rings. The van der Waals surface area contributed by atoms with Crippen LogP contribution in [-0.4, -0.2) is 5.71 Å². The topological polar surface area (TPSA) is 24.4 Å². The normalized spacial score (nSPS) is 17.9. The molecule has 1 aliphatic carbocycles. The number of anilines is 1. The third kappa shape index (κ3) is 3.65. The van der Waals surface area contributed by atoms with Crippen LogP contribution in [0.5, 0.6) is 0 Å². The van der Waals surface area contributed by atoms with Crippen molar-refractivity contribution >= 4 is 11.4 Å². The highest BCUT2D eigenvalue weighted by molar-refractivity contribution is 6.02. The molecule has 122 valence electrons. The Morgan fingerprint density at radius 1 is 0.958 bits per heavy atom. The number of allylic oxidation sites excluding steroid dienone is 4. The molecule has 0 bridgehead atoms. The molecule has 1 unspecified atom stereocenters. The molecular formula is C22H24N2. The summed E-state index contributed by atoms with van der Waals surface area (Å²) in [6, 6.07) is 20.5. The highest BCUT2D eigenvalue weighted by atomic mass is 15.3. The molecule has 2 aromatic carbocycles. The Morgan fingerprint density at radius 3 is 2.17 bits per heavy atom. The maximum Gasteiger partial charge on any atom is 0.0720 e. The fraction of sp³-hybridized carbons (Fsp3) is 0.227. The molecule has 0 radical (unpaired) electrons. The summed E-state index contributed by atoms with van der Waals surface area (Å²) in [5, 5.41) is 4.73. The first kappa shape index (κ1) is 16.3. The number of hydrogen-bond donors (Lipinski definition) is 1. The van der Waals surface area contributed by atoms with Crippen molar-refractivity contribution < 1.29 is 0 Å². The van der Waals surface area contributed by atoms with Crippen LogP contribution in [0.2, 0.25) is 0 Å². The Morgan fingerprint density at radius 2 is 1.58 bits per heavy atom.